The van der Waals surface area contributed by atoms with E-state index in [1.54, 1.807) is 0 Å². The van der Waals surface area contributed by atoms with E-state index < -0.39 is 0 Å². The van der Waals surface area contributed by atoms with Crippen molar-refractivity contribution in [2.75, 3.05) is 0 Å². The van der Waals surface area contributed by atoms with Gasteiger partial charge in [-0.3, -0.25) is 9.79 Å². The van der Waals surface area contributed by atoms with Crippen molar-refractivity contribution in [3.8, 4) is 0 Å². The first-order chi connectivity index (χ1) is 10.1. The zero-order valence-corrected chi connectivity index (χ0v) is 13.8. The smallest absolute Gasteiger partial charge is 0.142 e. The number of hydrogen-bond donors (Lipinski definition) is 0. The Hall–Kier alpha value is -1.22. The Bertz CT molecular complexity index is 592. The number of carbonyl (C=O) groups is 1. The molecule has 3 heteroatoms. The Labute approximate surface area is 134 Å². The van der Waals surface area contributed by atoms with E-state index in [0.717, 1.165) is 24.9 Å². The van der Waals surface area contributed by atoms with Gasteiger partial charge in [0.05, 0.1) is 11.6 Å². The molecule has 0 bridgehead atoms. The summed E-state index contributed by atoms with van der Waals surface area (Å²) < 4.78 is 0. The van der Waals surface area contributed by atoms with Crippen molar-refractivity contribution in [1.29, 1.82) is 0 Å². The summed E-state index contributed by atoms with van der Waals surface area (Å²) in [7, 11) is 0. The van der Waals surface area contributed by atoms with Crippen LogP contribution in [-0.4, -0.2) is 12.0 Å². The Kier molecular flexibility index (Phi) is 4.12. The van der Waals surface area contributed by atoms with Gasteiger partial charge in [-0.05, 0) is 47.7 Å². The van der Waals surface area contributed by atoms with Crippen LogP contribution in [0.4, 0.5) is 5.69 Å². The van der Waals surface area contributed by atoms with Gasteiger partial charge in [-0.15, -0.1) is 0 Å². The normalized spacial score (nSPS) is 34.6. The summed E-state index contributed by atoms with van der Waals surface area (Å²) in [5.74, 6) is 0.673. The van der Waals surface area contributed by atoms with Gasteiger partial charge >= 0.3 is 0 Å². The minimum absolute atomic E-state index is 0.0349. The van der Waals surface area contributed by atoms with Crippen LogP contribution in [0.25, 0.3) is 0 Å². The van der Waals surface area contributed by atoms with Crippen molar-refractivity contribution in [2.24, 2.45) is 22.2 Å². The monoisotopic (exact) mass is 345 g/mol. The zero-order valence-electron chi connectivity index (χ0n) is 12.3. The molecular weight excluding hydrogens is 326 g/mol. The number of fused-ring (bicyclic) bond motifs is 1. The topological polar surface area (TPSA) is 29.4 Å². The Morgan fingerprint density at radius 2 is 2.10 bits per heavy atom. The van der Waals surface area contributed by atoms with Gasteiger partial charge in [0, 0.05) is 12.6 Å². The van der Waals surface area contributed by atoms with Crippen LogP contribution in [-0.2, 0) is 4.79 Å². The minimum atomic E-state index is -0.0505. The van der Waals surface area contributed by atoms with Crippen molar-refractivity contribution in [2.45, 2.75) is 32.6 Å². The molecule has 21 heavy (non-hydrogen) atoms. The third-order valence-corrected chi connectivity index (χ3v) is 5.74. The third-order valence-electron chi connectivity index (χ3n) is 5.16. The lowest BCUT2D eigenvalue weighted by Crippen LogP contribution is -2.34. The molecule has 0 radical (unpaired) electrons. The van der Waals surface area contributed by atoms with Crippen LogP contribution in [0.3, 0.4) is 0 Å². The molecule has 1 unspecified atom stereocenters. The summed E-state index contributed by atoms with van der Waals surface area (Å²) in [6.07, 6.45) is 5.95. The first-order valence-electron chi connectivity index (χ1n) is 7.56. The van der Waals surface area contributed by atoms with Gasteiger partial charge in [0.15, 0.2) is 0 Å². The van der Waals surface area contributed by atoms with Crippen LogP contribution in [0, 0.1) is 17.3 Å². The Morgan fingerprint density at radius 3 is 2.81 bits per heavy atom. The molecule has 1 aromatic rings. The summed E-state index contributed by atoms with van der Waals surface area (Å²) >= 11 is 3.48. The molecule has 2 fully saturated rings. The molecule has 1 aromatic carbocycles. The van der Waals surface area contributed by atoms with E-state index in [9.17, 15) is 4.79 Å². The quantitative estimate of drug-likeness (QED) is 0.688. The van der Waals surface area contributed by atoms with E-state index in [2.05, 4.69) is 27.8 Å². The lowest BCUT2D eigenvalue weighted by Gasteiger charge is -2.40. The number of allylic oxidation sites excluding steroid dienone is 1. The lowest BCUT2D eigenvalue weighted by molar-refractivity contribution is -0.119. The molecule has 3 rings (SSSR count). The molecule has 0 spiro atoms. The average molecular weight is 346 g/mol. The van der Waals surface area contributed by atoms with E-state index in [1.165, 1.54) is 5.57 Å². The fraction of sp³-hybridized carbons (Fsp3) is 0.444. The lowest BCUT2D eigenvalue weighted by atomic mass is 9.64. The molecule has 0 N–H and O–H groups in total. The maximum atomic E-state index is 12.5. The van der Waals surface area contributed by atoms with Gasteiger partial charge in [-0.2, -0.15) is 0 Å². The number of Topliss-reactive ketones (excluding diaryl/α,β-unsaturated/α-hetero) is 1. The highest BCUT2D eigenvalue weighted by Crippen LogP contribution is 2.55. The summed E-state index contributed by atoms with van der Waals surface area (Å²) in [6, 6.07) is 9.87. The number of rotatable bonds is 2. The van der Waals surface area contributed by atoms with Crippen molar-refractivity contribution >= 4 is 33.6 Å². The van der Waals surface area contributed by atoms with Crippen LogP contribution in [0.1, 0.15) is 32.6 Å². The Balaban J connectivity index is 1.88. The molecular formula is C18H20BrNO. The third kappa shape index (κ3) is 2.64. The highest BCUT2D eigenvalue weighted by Gasteiger charge is 2.53. The highest BCUT2D eigenvalue weighted by atomic mass is 79.9. The van der Waals surface area contributed by atoms with Crippen LogP contribution in [0.2, 0.25) is 0 Å². The van der Waals surface area contributed by atoms with Crippen molar-refractivity contribution in [3.63, 3.8) is 0 Å². The van der Waals surface area contributed by atoms with E-state index in [4.69, 9.17) is 0 Å². The van der Waals surface area contributed by atoms with Gasteiger partial charge in [0.1, 0.15) is 5.78 Å². The maximum absolute atomic E-state index is 12.5. The molecule has 3 atom stereocenters. The molecule has 2 saturated carbocycles. The van der Waals surface area contributed by atoms with Crippen LogP contribution < -0.4 is 0 Å². The van der Waals surface area contributed by atoms with Crippen molar-refractivity contribution < 1.29 is 4.79 Å². The summed E-state index contributed by atoms with van der Waals surface area (Å²) in [4.78, 5) is 19.1. The number of carbonyl (C=O) groups excluding carboxylic acids is 1. The predicted octanol–water partition coefficient (Wildman–Crippen LogP) is 5.06. The first-order valence-corrected chi connectivity index (χ1v) is 8.48. The molecule has 2 aliphatic carbocycles. The number of nitrogens with zero attached hydrogens (tertiary/aromatic N) is 1. The largest absolute Gasteiger partial charge is 0.299 e. The fourth-order valence-corrected chi connectivity index (χ4v) is 4.48. The maximum Gasteiger partial charge on any atom is 0.142 e. The van der Waals surface area contributed by atoms with E-state index in [-0.39, 0.29) is 11.3 Å². The van der Waals surface area contributed by atoms with Crippen molar-refractivity contribution in [1.82, 2.24) is 0 Å². The summed E-state index contributed by atoms with van der Waals surface area (Å²) in [5, 5.41) is 0. The standard InChI is InChI=1S/C18H20BrNO/c1-18-9-5-6-13(11-19)15(18)10-17(21)16(18)12-20-14-7-3-2-4-8-14/h2-4,7-8,11-12,15-16H,5-6,9-10H2,1H3/t15-,16?,18-/m0/s1. The van der Waals surface area contributed by atoms with Crippen LogP contribution in [0.15, 0.2) is 45.9 Å². The van der Waals surface area contributed by atoms with Gasteiger partial charge in [0.2, 0.25) is 0 Å². The van der Waals surface area contributed by atoms with Crippen molar-refractivity contribution in [3.05, 3.63) is 40.9 Å². The molecule has 0 amide bonds. The van der Waals surface area contributed by atoms with Gasteiger partial charge in [-0.1, -0.05) is 46.6 Å². The number of benzene rings is 1. The molecule has 0 aromatic heterocycles. The zero-order chi connectivity index (χ0) is 14.9. The highest BCUT2D eigenvalue weighted by molar-refractivity contribution is 9.11. The first kappa shape index (κ1) is 14.7. The second kappa shape index (κ2) is 5.88. The molecule has 110 valence electrons. The molecule has 0 saturated heterocycles. The number of para-hydroxylation sites is 1. The van der Waals surface area contributed by atoms with E-state index >= 15 is 0 Å². The second-order valence-electron chi connectivity index (χ2n) is 6.36. The van der Waals surface area contributed by atoms with Crippen LogP contribution >= 0.6 is 15.9 Å². The molecule has 2 nitrogen and oxygen atoms in total. The van der Waals surface area contributed by atoms with Gasteiger partial charge < -0.3 is 0 Å². The number of hydrogen-bond acceptors (Lipinski definition) is 2. The van der Waals surface area contributed by atoms with E-state index in [1.807, 2.05) is 41.5 Å². The molecule has 2 aliphatic rings. The fourth-order valence-electron chi connectivity index (χ4n) is 3.94. The van der Waals surface area contributed by atoms with Gasteiger partial charge in [0.25, 0.3) is 0 Å². The summed E-state index contributed by atoms with van der Waals surface area (Å²) in [6.45, 7) is 2.26. The van der Waals surface area contributed by atoms with Crippen LogP contribution in [0.5, 0.6) is 0 Å². The molecule has 0 heterocycles. The molecule has 0 aliphatic heterocycles. The van der Waals surface area contributed by atoms with Gasteiger partial charge in [-0.25, -0.2) is 0 Å². The minimum Gasteiger partial charge on any atom is -0.299 e. The number of halogens is 1. The second-order valence-corrected chi connectivity index (χ2v) is 6.82. The Morgan fingerprint density at radius 1 is 1.33 bits per heavy atom. The summed E-state index contributed by atoms with van der Waals surface area (Å²) in [5.41, 5.74) is 2.35. The van der Waals surface area contributed by atoms with E-state index in [0.29, 0.717) is 18.1 Å². The number of ketones is 1. The predicted molar refractivity (Wildman–Crippen MR) is 90.2 cm³/mol. The SMILES string of the molecule is C[C@]12CCCC(=CBr)[C@@H]1CC(=O)C2C=Nc1ccccc1. The number of aliphatic imine (C=N–C) groups is 1. The average Bonchev–Trinajstić information content (AvgIpc) is 2.76.